The van der Waals surface area contributed by atoms with Crippen molar-refractivity contribution in [2.75, 3.05) is 59.4 Å². The Morgan fingerprint density at radius 3 is 2.30 bits per heavy atom. The number of rotatable bonds is 6. The lowest BCUT2D eigenvalue weighted by Crippen LogP contribution is -2.57. The minimum Gasteiger partial charge on any atom is -0.340 e. The molecule has 2 fully saturated rings. The Kier molecular flexibility index (Phi) is 6.69. The molecule has 1 aromatic heterocycles. The third kappa shape index (κ3) is 4.83. The number of benzene rings is 1. The van der Waals surface area contributed by atoms with E-state index in [1.165, 1.54) is 9.01 Å². The predicted octanol–water partition coefficient (Wildman–Crippen LogP) is 1.26. The molecule has 8 nitrogen and oxygen atoms in total. The number of thiazole rings is 1. The van der Waals surface area contributed by atoms with Gasteiger partial charge >= 0.3 is 0 Å². The van der Waals surface area contributed by atoms with Crippen LogP contribution in [0.2, 0.25) is 0 Å². The van der Waals surface area contributed by atoms with Gasteiger partial charge in [-0.05, 0) is 32.0 Å². The van der Waals surface area contributed by atoms with Gasteiger partial charge in [-0.25, -0.2) is 4.98 Å². The summed E-state index contributed by atoms with van der Waals surface area (Å²) in [4.78, 5) is 21.1. The number of carbonyl (C=O) groups excluding carboxylic acids is 1. The fourth-order valence-corrected chi connectivity index (χ4v) is 6.51. The fraction of sp³-hybridized carbons (Fsp3) is 0.600. The maximum Gasteiger partial charge on any atom is 0.282 e. The van der Waals surface area contributed by atoms with Gasteiger partial charge in [-0.3, -0.25) is 4.79 Å². The zero-order chi connectivity index (χ0) is 21.1. The van der Waals surface area contributed by atoms with Crippen LogP contribution in [0.3, 0.4) is 0 Å². The quantitative estimate of drug-likeness (QED) is 0.661. The van der Waals surface area contributed by atoms with E-state index < -0.39 is 10.2 Å². The van der Waals surface area contributed by atoms with E-state index in [-0.39, 0.29) is 5.91 Å². The SMILES string of the molecule is CN1CCN(S(=O)(=O)N2CCN(C(=O)CCCc3nc4ccccc4s3)CC2)CC1. The lowest BCUT2D eigenvalue weighted by Gasteiger charge is -2.39. The lowest BCUT2D eigenvalue weighted by molar-refractivity contribution is -0.132. The Labute approximate surface area is 182 Å². The summed E-state index contributed by atoms with van der Waals surface area (Å²) in [6.07, 6.45) is 2.03. The molecule has 10 heteroatoms. The molecule has 3 heterocycles. The molecule has 2 aromatic rings. The molecule has 0 saturated carbocycles. The lowest BCUT2D eigenvalue weighted by atomic mass is 10.2. The Bertz CT molecular complexity index is 944. The number of carbonyl (C=O) groups is 1. The van der Waals surface area contributed by atoms with E-state index in [1.54, 1.807) is 20.5 Å². The fourth-order valence-electron chi connectivity index (χ4n) is 3.93. The Balaban J connectivity index is 1.23. The summed E-state index contributed by atoms with van der Waals surface area (Å²) in [5.41, 5.74) is 1.02. The number of fused-ring (bicyclic) bond motifs is 1. The summed E-state index contributed by atoms with van der Waals surface area (Å²) in [6.45, 7) is 4.25. The van der Waals surface area contributed by atoms with Crippen molar-refractivity contribution in [3.8, 4) is 0 Å². The van der Waals surface area contributed by atoms with Gasteiger partial charge in [-0.1, -0.05) is 12.1 Å². The number of aromatic nitrogens is 1. The Hall–Kier alpha value is -1.59. The molecule has 164 valence electrons. The van der Waals surface area contributed by atoms with E-state index in [1.807, 2.05) is 25.2 Å². The predicted molar refractivity (Wildman–Crippen MR) is 119 cm³/mol. The minimum atomic E-state index is -3.43. The zero-order valence-corrected chi connectivity index (χ0v) is 19.0. The van der Waals surface area contributed by atoms with Crippen molar-refractivity contribution >= 4 is 37.7 Å². The molecule has 1 aromatic carbocycles. The van der Waals surface area contributed by atoms with E-state index >= 15 is 0 Å². The van der Waals surface area contributed by atoms with Crippen LogP contribution < -0.4 is 0 Å². The number of likely N-dealkylation sites (N-methyl/N-ethyl adjacent to an activating group) is 1. The van der Waals surface area contributed by atoms with E-state index in [0.717, 1.165) is 36.5 Å². The normalized spacial score (nSPS) is 20.1. The average molecular weight is 452 g/mol. The summed E-state index contributed by atoms with van der Waals surface area (Å²) >= 11 is 1.68. The van der Waals surface area contributed by atoms with Gasteiger partial charge in [0.25, 0.3) is 10.2 Å². The van der Waals surface area contributed by atoms with E-state index in [4.69, 9.17) is 0 Å². The van der Waals surface area contributed by atoms with Crippen molar-refractivity contribution in [3.63, 3.8) is 0 Å². The smallest absolute Gasteiger partial charge is 0.282 e. The first kappa shape index (κ1) is 21.6. The van der Waals surface area contributed by atoms with Gasteiger partial charge in [0, 0.05) is 58.8 Å². The molecular formula is C20H29N5O3S2. The highest BCUT2D eigenvalue weighted by Gasteiger charge is 2.34. The molecule has 1 amide bonds. The summed E-state index contributed by atoms with van der Waals surface area (Å²) in [6, 6.07) is 8.07. The third-order valence-corrected chi connectivity index (χ3v) is 8.96. The van der Waals surface area contributed by atoms with Crippen LogP contribution in [0.5, 0.6) is 0 Å². The Morgan fingerprint density at radius 2 is 1.63 bits per heavy atom. The number of nitrogens with zero attached hydrogens (tertiary/aromatic N) is 5. The molecule has 2 aliphatic rings. The first-order valence-electron chi connectivity index (χ1n) is 10.5. The molecule has 0 N–H and O–H groups in total. The number of piperazine rings is 2. The van der Waals surface area contributed by atoms with Gasteiger partial charge in [0.2, 0.25) is 5.91 Å². The average Bonchev–Trinajstić information content (AvgIpc) is 3.17. The van der Waals surface area contributed by atoms with Crippen LogP contribution in [0.25, 0.3) is 10.2 Å². The number of aryl methyl sites for hydroxylation is 1. The van der Waals surface area contributed by atoms with Crippen molar-refractivity contribution in [1.29, 1.82) is 0 Å². The first-order valence-corrected chi connectivity index (χ1v) is 12.7. The second-order valence-electron chi connectivity index (χ2n) is 7.92. The molecular weight excluding hydrogens is 422 g/mol. The van der Waals surface area contributed by atoms with Crippen molar-refractivity contribution in [3.05, 3.63) is 29.3 Å². The van der Waals surface area contributed by atoms with E-state index in [2.05, 4.69) is 16.0 Å². The number of amides is 1. The molecule has 0 spiro atoms. The van der Waals surface area contributed by atoms with Gasteiger partial charge in [0.1, 0.15) is 0 Å². The van der Waals surface area contributed by atoms with Gasteiger partial charge in [-0.15, -0.1) is 11.3 Å². The number of para-hydroxylation sites is 1. The minimum absolute atomic E-state index is 0.104. The highest BCUT2D eigenvalue weighted by atomic mass is 32.2. The number of hydrogen-bond acceptors (Lipinski definition) is 6. The maximum atomic E-state index is 12.9. The Morgan fingerprint density at radius 1 is 1.00 bits per heavy atom. The van der Waals surface area contributed by atoms with E-state index in [0.29, 0.717) is 45.7 Å². The largest absolute Gasteiger partial charge is 0.340 e. The van der Waals surface area contributed by atoms with Crippen LogP contribution in [0.15, 0.2) is 24.3 Å². The molecule has 0 aliphatic carbocycles. The summed E-state index contributed by atoms with van der Waals surface area (Å²) < 4.78 is 30.0. The molecule has 4 rings (SSSR count). The summed E-state index contributed by atoms with van der Waals surface area (Å²) in [5.74, 6) is 0.104. The second-order valence-corrected chi connectivity index (χ2v) is 11.0. The van der Waals surface area contributed by atoms with Crippen molar-refractivity contribution in [1.82, 2.24) is 23.4 Å². The maximum absolute atomic E-state index is 12.9. The standard InChI is InChI=1S/C20H29N5O3S2/c1-22-9-13-24(14-10-22)30(27,28)25-15-11-23(12-16-25)20(26)8-4-7-19-21-17-5-2-3-6-18(17)29-19/h2-3,5-6H,4,7-16H2,1H3. The van der Waals surface area contributed by atoms with E-state index in [9.17, 15) is 13.2 Å². The van der Waals surface area contributed by atoms with Gasteiger partial charge in [-0.2, -0.15) is 17.0 Å². The molecule has 0 bridgehead atoms. The van der Waals surface area contributed by atoms with Gasteiger partial charge in [0.05, 0.1) is 15.2 Å². The number of hydrogen-bond donors (Lipinski definition) is 0. The molecule has 0 atom stereocenters. The molecule has 0 unspecified atom stereocenters. The van der Waals surface area contributed by atoms with Crippen LogP contribution in [-0.4, -0.2) is 97.1 Å². The summed E-state index contributed by atoms with van der Waals surface area (Å²) in [7, 11) is -1.42. The van der Waals surface area contributed by atoms with Crippen molar-refractivity contribution in [2.24, 2.45) is 0 Å². The molecule has 0 radical (unpaired) electrons. The third-order valence-electron chi connectivity index (χ3n) is 5.83. The highest BCUT2D eigenvalue weighted by Crippen LogP contribution is 2.23. The monoisotopic (exact) mass is 451 g/mol. The second kappa shape index (κ2) is 9.27. The van der Waals surface area contributed by atoms with Crippen LogP contribution >= 0.6 is 11.3 Å². The van der Waals surface area contributed by atoms with Gasteiger partial charge in [0.15, 0.2) is 0 Å². The molecule has 2 saturated heterocycles. The first-order chi connectivity index (χ1) is 14.4. The topological polar surface area (TPSA) is 77.1 Å². The summed E-state index contributed by atoms with van der Waals surface area (Å²) in [5, 5.41) is 1.06. The van der Waals surface area contributed by atoms with Crippen LogP contribution in [0, 0.1) is 0 Å². The van der Waals surface area contributed by atoms with Crippen molar-refractivity contribution in [2.45, 2.75) is 19.3 Å². The van der Waals surface area contributed by atoms with Crippen LogP contribution in [-0.2, 0) is 21.4 Å². The molecule has 30 heavy (non-hydrogen) atoms. The zero-order valence-electron chi connectivity index (χ0n) is 17.4. The van der Waals surface area contributed by atoms with Crippen LogP contribution in [0.1, 0.15) is 17.8 Å². The molecule has 2 aliphatic heterocycles. The van der Waals surface area contributed by atoms with Gasteiger partial charge < -0.3 is 9.80 Å². The van der Waals surface area contributed by atoms with Crippen LogP contribution in [0.4, 0.5) is 0 Å². The van der Waals surface area contributed by atoms with Crippen molar-refractivity contribution < 1.29 is 13.2 Å². The highest BCUT2D eigenvalue weighted by molar-refractivity contribution is 7.86.